The lowest BCUT2D eigenvalue weighted by Crippen LogP contribution is -2.36. The highest BCUT2D eigenvalue weighted by Gasteiger charge is 2.36. The summed E-state index contributed by atoms with van der Waals surface area (Å²) < 4.78 is 24.2. The van der Waals surface area contributed by atoms with Gasteiger partial charge < -0.3 is 24.1 Å². The molecule has 2 saturated heterocycles. The fraction of sp³-hybridized carbons (Fsp3) is 0.419. The average Bonchev–Trinajstić information content (AvgIpc) is 3.63. The molecule has 1 aromatic heterocycles. The van der Waals surface area contributed by atoms with Gasteiger partial charge in [-0.2, -0.15) is 0 Å². The first kappa shape index (κ1) is 29.1. The van der Waals surface area contributed by atoms with E-state index >= 15 is 0 Å². The summed E-state index contributed by atoms with van der Waals surface area (Å²) in [5, 5.41) is 6.85. The van der Waals surface area contributed by atoms with Crippen molar-refractivity contribution in [1.29, 1.82) is 0 Å². The van der Waals surface area contributed by atoms with Gasteiger partial charge >= 0.3 is 6.03 Å². The SMILES string of the molecule is CC(C)(C)c1cc(N(P)C(=O)Nc2ccc(C#Cc3ccc(OCCCN4CC5OCCOC5C4)cc3)cc2)no1. The van der Waals surface area contributed by atoms with Gasteiger partial charge in [0.2, 0.25) is 0 Å². The maximum Gasteiger partial charge on any atom is 0.330 e. The molecule has 0 bridgehead atoms. The van der Waals surface area contributed by atoms with Gasteiger partial charge in [0.1, 0.15) is 11.5 Å². The van der Waals surface area contributed by atoms with Gasteiger partial charge in [-0.15, -0.1) is 0 Å². The normalized spacial score (nSPS) is 18.7. The Morgan fingerprint density at radius 2 is 1.66 bits per heavy atom. The molecule has 2 aromatic carbocycles. The summed E-state index contributed by atoms with van der Waals surface area (Å²) in [5.74, 6) is 8.30. The van der Waals surface area contributed by atoms with Crippen LogP contribution >= 0.6 is 9.39 Å². The number of hydrogen-bond acceptors (Lipinski definition) is 7. The monoisotopic (exact) mass is 576 g/mol. The van der Waals surface area contributed by atoms with Crippen molar-refractivity contribution in [3.63, 3.8) is 0 Å². The number of carbonyl (C=O) groups excluding carboxylic acids is 1. The van der Waals surface area contributed by atoms with Crippen molar-refractivity contribution in [2.75, 3.05) is 49.4 Å². The molecular weight excluding hydrogens is 539 g/mol. The number of nitrogens with one attached hydrogen (secondary N) is 1. The van der Waals surface area contributed by atoms with Crippen LogP contribution in [-0.4, -0.2) is 67.8 Å². The van der Waals surface area contributed by atoms with Crippen LogP contribution in [0.25, 0.3) is 0 Å². The van der Waals surface area contributed by atoms with Gasteiger partial charge in [0.25, 0.3) is 0 Å². The number of aromatic nitrogens is 1. The van der Waals surface area contributed by atoms with E-state index in [1.165, 1.54) is 4.67 Å². The highest BCUT2D eigenvalue weighted by Crippen LogP contribution is 2.28. The van der Waals surface area contributed by atoms with E-state index in [1.54, 1.807) is 6.07 Å². The summed E-state index contributed by atoms with van der Waals surface area (Å²) in [6.45, 7) is 11.0. The van der Waals surface area contributed by atoms with E-state index in [0.717, 1.165) is 42.9 Å². The molecule has 0 aliphatic carbocycles. The molecule has 0 spiro atoms. The molecule has 2 fully saturated rings. The van der Waals surface area contributed by atoms with Crippen molar-refractivity contribution in [2.24, 2.45) is 0 Å². The number of hydrogen-bond donors (Lipinski definition) is 1. The highest BCUT2D eigenvalue weighted by atomic mass is 31.0. The Bertz CT molecular complexity index is 1360. The number of anilines is 2. The molecule has 0 radical (unpaired) electrons. The van der Waals surface area contributed by atoms with E-state index in [-0.39, 0.29) is 23.7 Å². The van der Waals surface area contributed by atoms with Crippen molar-refractivity contribution in [1.82, 2.24) is 10.1 Å². The van der Waals surface area contributed by atoms with Gasteiger partial charge in [-0.1, -0.05) is 37.8 Å². The van der Waals surface area contributed by atoms with Crippen LogP contribution in [0.5, 0.6) is 5.75 Å². The number of benzene rings is 2. The van der Waals surface area contributed by atoms with Crippen LogP contribution in [-0.2, 0) is 14.9 Å². The van der Waals surface area contributed by atoms with E-state index in [9.17, 15) is 4.79 Å². The Labute approximate surface area is 243 Å². The summed E-state index contributed by atoms with van der Waals surface area (Å²) in [4.78, 5) is 15.0. The predicted molar refractivity (Wildman–Crippen MR) is 161 cm³/mol. The smallest absolute Gasteiger partial charge is 0.330 e. The number of ether oxygens (including phenoxy) is 3. The topological polar surface area (TPSA) is 89.3 Å². The van der Waals surface area contributed by atoms with Crippen molar-refractivity contribution in [2.45, 2.75) is 44.8 Å². The molecule has 2 aliphatic rings. The number of rotatable bonds is 7. The number of fused-ring (bicyclic) bond motifs is 1. The lowest BCUT2D eigenvalue weighted by atomic mass is 9.93. The Morgan fingerprint density at radius 3 is 2.24 bits per heavy atom. The predicted octanol–water partition coefficient (Wildman–Crippen LogP) is 5.07. The summed E-state index contributed by atoms with van der Waals surface area (Å²) >= 11 is 0. The Balaban J connectivity index is 1.05. The van der Waals surface area contributed by atoms with E-state index in [0.29, 0.717) is 37.1 Å². The molecule has 0 saturated carbocycles. The molecule has 3 unspecified atom stereocenters. The minimum atomic E-state index is -0.345. The second kappa shape index (κ2) is 13.1. The molecule has 41 heavy (non-hydrogen) atoms. The minimum absolute atomic E-state index is 0.195. The van der Waals surface area contributed by atoms with Gasteiger partial charge in [-0.3, -0.25) is 9.57 Å². The third kappa shape index (κ3) is 7.87. The van der Waals surface area contributed by atoms with Gasteiger partial charge in [-0.25, -0.2) is 4.79 Å². The molecular formula is C31H37N4O5P. The zero-order valence-corrected chi connectivity index (χ0v) is 24.9. The third-order valence-electron chi connectivity index (χ3n) is 6.97. The van der Waals surface area contributed by atoms with Gasteiger partial charge in [0.05, 0.1) is 32.0 Å². The molecule has 5 rings (SSSR count). The quantitative estimate of drug-likeness (QED) is 0.239. The lowest BCUT2D eigenvalue weighted by Gasteiger charge is -2.24. The molecule has 2 amide bonds. The Hall–Kier alpha value is -3.41. The van der Waals surface area contributed by atoms with Crippen LogP contribution in [0.2, 0.25) is 0 Å². The van der Waals surface area contributed by atoms with Crippen LogP contribution in [0.1, 0.15) is 44.1 Å². The van der Waals surface area contributed by atoms with E-state index in [2.05, 4.69) is 36.6 Å². The highest BCUT2D eigenvalue weighted by molar-refractivity contribution is 7.21. The van der Waals surface area contributed by atoms with Crippen LogP contribution in [0.4, 0.5) is 16.3 Å². The second-order valence-corrected chi connectivity index (χ2v) is 11.7. The van der Waals surface area contributed by atoms with Crippen molar-refractivity contribution in [3.05, 3.63) is 71.5 Å². The molecule has 3 heterocycles. The first-order chi connectivity index (χ1) is 19.7. The molecule has 216 valence electrons. The standard InChI is InChI=1S/C31H37N4O5P/c1-31(2,3)28-19-29(33-40-28)35(41)30(36)32-24-11-7-22(8-12-24)5-6-23-9-13-25(14-10-23)37-16-4-15-34-20-26-27(21-34)39-18-17-38-26/h7-14,19,26-27H,4,15-18,20-21,41H2,1-3H3,(H,32,36). The van der Waals surface area contributed by atoms with E-state index < -0.39 is 0 Å². The fourth-order valence-electron chi connectivity index (χ4n) is 4.63. The minimum Gasteiger partial charge on any atom is -0.494 e. The third-order valence-corrected chi connectivity index (χ3v) is 7.47. The van der Waals surface area contributed by atoms with Gasteiger partial charge in [-0.05, 0) is 64.3 Å². The number of amides is 2. The Morgan fingerprint density at radius 1 is 1.05 bits per heavy atom. The molecule has 3 aromatic rings. The molecule has 2 aliphatic heterocycles. The van der Waals surface area contributed by atoms with Crippen LogP contribution in [0, 0.1) is 11.8 Å². The van der Waals surface area contributed by atoms with Crippen molar-refractivity contribution < 1.29 is 23.5 Å². The largest absolute Gasteiger partial charge is 0.494 e. The van der Waals surface area contributed by atoms with E-state index in [4.69, 9.17) is 18.7 Å². The van der Waals surface area contributed by atoms with Gasteiger partial charge in [0.15, 0.2) is 5.82 Å². The first-order valence-corrected chi connectivity index (χ1v) is 14.4. The van der Waals surface area contributed by atoms with Crippen LogP contribution in [0.3, 0.4) is 0 Å². The molecule has 9 nitrogen and oxygen atoms in total. The summed E-state index contributed by atoms with van der Waals surface area (Å²) in [6, 6.07) is 16.6. The number of nitrogens with zero attached hydrogens (tertiary/aromatic N) is 3. The van der Waals surface area contributed by atoms with Gasteiger partial charge in [0, 0.05) is 47.9 Å². The first-order valence-electron chi connectivity index (χ1n) is 13.9. The lowest BCUT2D eigenvalue weighted by molar-refractivity contribution is -0.116. The second-order valence-electron chi connectivity index (χ2n) is 11.2. The zero-order valence-electron chi connectivity index (χ0n) is 23.8. The average molecular weight is 577 g/mol. The Kier molecular flexibility index (Phi) is 9.26. The number of urea groups is 1. The summed E-state index contributed by atoms with van der Waals surface area (Å²) in [7, 11) is 2.37. The molecule has 1 N–H and O–H groups in total. The van der Waals surface area contributed by atoms with Crippen LogP contribution in [0.15, 0.2) is 59.1 Å². The van der Waals surface area contributed by atoms with Crippen molar-refractivity contribution in [3.8, 4) is 17.6 Å². The van der Waals surface area contributed by atoms with E-state index in [1.807, 2.05) is 69.3 Å². The zero-order chi connectivity index (χ0) is 28.8. The molecule has 10 heteroatoms. The summed E-state index contributed by atoms with van der Waals surface area (Å²) in [5.41, 5.74) is 2.20. The van der Waals surface area contributed by atoms with Crippen LogP contribution < -0.4 is 14.7 Å². The molecule has 3 atom stereocenters. The maximum atomic E-state index is 12.6. The summed E-state index contributed by atoms with van der Waals surface area (Å²) in [6.07, 6.45) is 1.39. The van der Waals surface area contributed by atoms with Crippen molar-refractivity contribution >= 4 is 26.9 Å². The number of likely N-dealkylation sites (tertiary alicyclic amines) is 1. The maximum absolute atomic E-state index is 12.6. The number of carbonyl (C=O) groups is 1. The fourth-order valence-corrected chi connectivity index (χ4v) is 4.82.